The van der Waals surface area contributed by atoms with Crippen molar-refractivity contribution in [3.8, 4) is 0 Å². The molecule has 0 saturated heterocycles. The normalized spacial score (nSPS) is 10.5. The average Bonchev–Trinajstić information content (AvgIpc) is 2.64. The molecule has 0 aliphatic rings. The van der Waals surface area contributed by atoms with Gasteiger partial charge in [0.2, 0.25) is 5.76 Å². The summed E-state index contributed by atoms with van der Waals surface area (Å²) >= 11 is 0. The first kappa shape index (κ1) is 9.39. The van der Waals surface area contributed by atoms with Crippen LogP contribution in [-0.4, -0.2) is 17.4 Å². The monoisotopic (exact) mass is 208 g/mol. The summed E-state index contributed by atoms with van der Waals surface area (Å²) < 4.78 is 18.1. The molecule has 0 spiro atoms. The molecule has 15 heavy (non-hydrogen) atoms. The van der Waals surface area contributed by atoms with Crippen molar-refractivity contribution in [3.05, 3.63) is 35.3 Å². The van der Waals surface area contributed by atoms with Crippen LogP contribution in [0.3, 0.4) is 0 Å². The van der Waals surface area contributed by atoms with Crippen LogP contribution in [0, 0.1) is 5.82 Å². The SMILES string of the molecule is O=Cc1ccc(F)c2cc(C(=O)O)oc12. The van der Waals surface area contributed by atoms with Crippen LogP contribution in [0.25, 0.3) is 11.0 Å². The van der Waals surface area contributed by atoms with Crippen LogP contribution < -0.4 is 0 Å². The molecule has 2 aromatic rings. The van der Waals surface area contributed by atoms with E-state index in [1.807, 2.05) is 0 Å². The molecule has 0 radical (unpaired) electrons. The molecule has 0 saturated carbocycles. The lowest BCUT2D eigenvalue weighted by Gasteiger charge is -1.93. The third-order valence-corrected chi connectivity index (χ3v) is 2.00. The van der Waals surface area contributed by atoms with E-state index in [1.165, 1.54) is 6.07 Å². The number of benzene rings is 1. The molecule has 76 valence electrons. The zero-order chi connectivity index (χ0) is 11.0. The fourth-order valence-corrected chi connectivity index (χ4v) is 1.31. The van der Waals surface area contributed by atoms with Gasteiger partial charge in [0.15, 0.2) is 6.29 Å². The van der Waals surface area contributed by atoms with E-state index < -0.39 is 17.5 Å². The van der Waals surface area contributed by atoms with Gasteiger partial charge in [0.1, 0.15) is 11.4 Å². The Morgan fingerprint density at radius 2 is 2.20 bits per heavy atom. The second-order valence-electron chi connectivity index (χ2n) is 2.91. The van der Waals surface area contributed by atoms with Gasteiger partial charge in [-0.05, 0) is 12.1 Å². The van der Waals surface area contributed by atoms with E-state index in [0.717, 1.165) is 12.1 Å². The summed E-state index contributed by atoms with van der Waals surface area (Å²) in [6, 6.07) is 3.38. The molecule has 5 heteroatoms. The summed E-state index contributed by atoms with van der Waals surface area (Å²) in [6.07, 6.45) is 0.483. The second kappa shape index (κ2) is 3.20. The summed E-state index contributed by atoms with van der Waals surface area (Å²) in [5, 5.41) is 8.63. The van der Waals surface area contributed by atoms with E-state index in [0.29, 0.717) is 6.29 Å². The fraction of sp³-hybridized carbons (Fsp3) is 0. The highest BCUT2D eigenvalue weighted by molar-refractivity contribution is 5.98. The Kier molecular flexibility index (Phi) is 2.00. The number of aromatic carboxylic acids is 1. The number of carbonyl (C=O) groups excluding carboxylic acids is 1. The maximum Gasteiger partial charge on any atom is 0.371 e. The second-order valence-corrected chi connectivity index (χ2v) is 2.91. The quantitative estimate of drug-likeness (QED) is 0.767. The van der Waals surface area contributed by atoms with Gasteiger partial charge in [0.25, 0.3) is 0 Å². The number of furan rings is 1. The van der Waals surface area contributed by atoms with Crippen LogP contribution in [0.4, 0.5) is 4.39 Å². The van der Waals surface area contributed by atoms with Crippen LogP contribution in [0.15, 0.2) is 22.6 Å². The first-order valence-corrected chi connectivity index (χ1v) is 4.04. The molecule has 2 rings (SSSR count). The molecular formula is C10H5FO4. The molecule has 1 aromatic heterocycles. The highest BCUT2D eigenvalue weighted by Crippen LogP contribution is 2.24. The molecular weight excluding hydrogens is 203 g/mol. The van der Waals surface area contributed by atoms with Gasteiger partial charge in [-0.2, -0.15) is 0 Å². The lowest BCUT2D eigenvalue weighted by atomic mass is 10.1. The number of fused-ring (bicyclic) bond motifs is 1. The number of rotatable bonds is 2. The first-order valence-electron chi connectivity index (χ1n) is 4.04. The third kappa shape index (κ3) is 1.38. The van der Waals surface area contributed by atoms with Gasteiger partial charge in [0, 0.05) is 6.07 Å². The lowest BCUT2D eigenvalue weighted by molar-refractivity contribution is 0.0664. The molecule has 1 N–H and O–H groups in total. The van der Waals surface area contributed by atoms with Crippen LogP contribution in [0.1, 0.15) is 20.9 Å². The molecule has 0 aliphatic carbocycles. The number of hydrogen-bond acceptors (Lipinski definition) is 3. The zero-order valence-electron chi connectivity index (χ0n) is 7.36. The number of halogens is 1. The number of carboxylic acid groups (broad SMARTS) is 1. The smallest absolute Gasteiger partial charge is 0.371 e. The molecule has 0 fully saturated rings. The van der Waals surface area contributed by atoms with Gasteiger partial charge in [-0.1, -0.05) is 0 Å². The van der Waals surface area contributed by atoms with Crippen molar-refractivity contribution < 1.29 is 23.5 Å². The van der Waals surface area contributed by atoms with Crippen molar-refractivity contribution in [2.24, 2.45) is 0 Å². The van der Waals surface area contributed by atoms with E-state index in [9.17, 15) is 14.0 Å². The Balaban J connectivity index is 2.83. The first-order chi connectivity index (χ1) is 7.13. The predicted molar refractivity (Wildman–Crippen MR) is 48.5 cm³/mol. The van der Waals surface area contributed by atoms with E-state index in [-0.39, 0.29) is 16.5 Å². The minimum Gasteiger partial charge on any atom is -0.475 e. The Morgan fingerprint density at radius 3 is 2.80 bits per heavy atom. The van der Waals surface area contributed by atoms with E-state index in [2.05, 4.69) is 0 Å². The summed E-state index contributed by atoms with van der Waals surface area (Å²) in [4.78, 5) is 21.2. The topological polar surface area (TPSA) is 67.5 Å². The summed E-state index contributed by atoms with van der Waals surface area (Å²) in [5.41, 5.74) is 0.0845. The van der Waals surface area contributed by atoms with Gasteiger partial charge < -0.3 is 9.52 Å². The minimum atomic E-state index is -1.30. The van der Waals surface area contributed by atoms with Crippen molar-refractivity contribution >= 4 is 23.2 Å². The van der Waals surface area contributed by atoms with E-state index in [4.69, 9.17) is 9.52 Å². The molecule has 0 aliphatic heterocycles. The van der Waals surface area contributed by atoms with Gasteiger partial charge in [-0.15, -0.1) is 0 Å². The number of hydrogen-bond donors (Lipinski definition) is 1. The average molecular weight is 208 g/mol. The standard InChI is InChI=1S/C10H5FO4/c11-7-2-1-5(4-12)9-6(7)3-8(15-9)10(13)14/h1-4H,(H,13,14). The van der Waals surface area contributed by atoms with Crippen molar-refractivity contribution in [1.29, 1.82) is 0 Å². The zero-order valence-corrected chi connectivity index (χ0v) is 7.36. The maximum absolute atomic E-state index is 13.2. The molecule has 0 unspecified atom stereocenters. The van der Waals surface area contributed by atoms with Crippen LogP contribution >= 0.6 is 0 Å². The molecule has 1 aromatic carbocycles. The van der Waals surface area contributed by atoms with E-state index in [1.54, 1.807) is 0 Å². The number of aldehydes is 1. The highest BCUT2D eigenvalue weighted by atomic mass is 19.1. The molecule has 0 amide bonds. The van der Waals surface area contributed by atoms with Gasteiger partial charge in [0.05, 0.1) is 10.9 Å². The molecule has 1 heterocycles. The van der Waals surface area contributed by atoms with Crippen LogP contribution in [0.5, 0.6) is 0 Å². The number of carbonyl (C=O) groups is 2. The lowest BCUT2D eigenvalue weighted by Crippen LogP contribution is -1.91. The van der Waals surface area contributed by atoms with Gasteiger partial charge in [-0.25, -0.2) is 9.18 Å². The Bertz CT molecular complexity index is 556. The molecule has 0 atom stereocenters. The van der Waals surface area contributed by atoms with Crippen molar-refractivity contribution in [2.75, 3.05) is 0 Å². The molecule has 0 bridgehead atoms. The fourth-order valence-electron chi connectivity index (χ4n) is 1.31. The highest BCUT2D eigenvalue weighted by Gasteiger charge is 2.15. The summed E-state index contributed by atoms with van der Waals surface area (Å²) in [6.45, 7) is 0. The van der Waals surface area contributed by atoms with Crippen molar-refractivity contribution in [2.45, 2.75) is 0 Å². The summed E-state index contributed by atoms with van der Waals surface area (Å²) in [5.74, 6) is -2.31. The Hall–Kier alpha value is -2.17. The van der Waals surface area contributed by atoms with Crippen LogP contribution in [-0.2, 0) is 0 Å². The van der Waals surface area contributed by atoms with Crippen LogP contribution in [0.2, 0.25) is 0 Å². The predicted octanol–water partition coefficient (Wildman–Crippen LogP) is 2.08. The minimum absolute atomic E-state index is 0.00278. The number of carboxylic acids is 1. The Labute approximate surface area is 82.9 Å². The summed E-state index contributed by atoms with van der Waals surface area (Å²) in [7, 11) is 0. The largest absolute Gasteiger partial charge is 0.475 e. The third-order valence-electron chi connectivity index (χ3n) is 2.00. The van der Waals surface area contributed by atoms with Gasteiger partial charge in [-0.3, -0.25) is 4.79 Å². The van der Waals surface area contributed by atoms with Crippen molar-refractivity contribution in [1.82, 2.24) is 0 Å². The maximum atomic E-state index is 13.2. The van der Waals surface area contributed by atoms with Gasteiger partial charge >= 0.3 is 5.97 Å². The van der Waals surface area contributed by atoms with Crippen molar-refractivity contribution in [3.63, 3.8) is 0 Å². The Morgan fingerprint density at radius 1 is 1.47 bits per heavy atom. The van der Waals surface area contributed by atoms with E-state index >= 15 is 0 Å². The molecule has 4 nitrogen and oxygen atoms in total.